The minimum Gasteiger partial charge on any atom is -0.493 e. The smallest absolute Gasteiger partial charge is 0.243 e. The summed E-state index contributed by atoms with van der Waals surface area (Å²) in [7, 11) is 0. The number of carbonyl (C=O) groups excluding carboxylic acids is 2. The fourth-order valence-electron chi connectivity index (χ4n) is 3.21. The van der Waals surface area contributed by atoms with E-state index >= 15 is 0 Å². The van der Waals surface area contributed by atoms with Gasteiger partial charge in [-0.05, 0) is 60.0 Å². The third-order valence-electron chi connectivity index (χ3n) is 4.86. The van der Waals surface area contributed by atoms with Crippen molar-refractivity contribution in [2.45, 2.75) is 26.7 Å². The lowest BCUT2D eigenvalue weighted by molar-refractivity contribution is -0.117. The molecule has 0 unspecified atom stereocenters. The molecule has 0 aliphatic heterocycles. The molecule has 0 spiro atoms. The molecule has 0 radical (unpaired) electrons. The second-order valence-corrected chi connectivity index (χ2v) is 8.23. The fraction of sp³-hybridized carbons (Fsp3) is 0.259. The largest absolute Gasteiger partial charge is 0.493 e. The first kappa shape index (κ1) is 23.9. The maximum Gasteiger partial charge on any atom is 0.243 e. The number of rotatable bonds is 11. The summed E-state index contributed by atoms with van der Waals surface area (Å²) in [6, 6.07) is 24.8. The highest BCUT2D eigenvalue weighted by Crippen LogP contribution is 2.17. The molecule has 0 fully saturated rings. The Hall–Kier alpha value is -3.80. The Kier molecular flexibility index (Phi) is 8.88. The molecule has 3 aromatic rings. The molecular formula is C27H31N3O3. The van der Waals surface area contributed by atoms with E-state index in [0.29, 0.717) is 24.6 Å². The van der Waals surface area contributed by atoms with Crippen LogP contribution < -0.4 is 20.7 Å². The van der Waals surface area contributed by atoms with Crippen LogP contribution in [0, 0.1) is 5.92 Å². The first-order chi connectivity index (χ1) is 16.0. The van der Waals surface area contributed by atoms with Gasteiger partial charge in [0.15, 0.2) is 0 Å². The number of hydrogen-bond acceptors (Lipinski definition) is 4. The molecule has 0 atom stereocenters. The lowest BCUT2D eigenvalue weighted by atomic mass is 10.1. The number of ether oxygens (including phenoxy) is 1. The average molecular weight is 446 g/mol. The lowest BCUT2D eigenvalue weighted by Gasteiger charge is -2.11. The normalized spacial score (nSPS) is 10.5. The molecule has 6 nitrogen and oxygen atoms in total. The van der Waals surface area contributed by atoms with Gasteiger partial charge >= 0.3 is 0 Å². The Morgan fingerprint density at radius 2 is 1.33 bits per heavy atom. The Labute approximate surface area is 195 Å². The molecule has 0 bridgehead atoms. The van der Waals surface area contributed by atoms with Crippen molar-refractivity contribution in [1.82, 2.24) is 0 Å². The van der Waals surface area contributed by atoms with Gasteiger partial charge in [0.2, 0.25) is 11.8 Å². The summed E-state index contributed by atoms with van der Waals surface area (Å²) in [5.41, 5.74) is 3.48. The molecule has 0 heterocycles. The topological polar surface area (TPSA) is 79.5 Å². The minimum atomic E-state index is -0.151. The van der Waals surface area contributed by atoms with Crippen molar-refractivity contribution in [2.75, 3.05) is 29.1 Å². The van der Waals surface area contributed by atoms with Crippen molar-refractivity contribution >= 4 is 28.9 Å². The Balaban J connectivity index is 1.38. The molecule has 172 valence electrons. The average Bonchev–Trinajstić information content (AvgIpc) is 2.80. The van der Waals surface area contributed by atoms with Gasteiger partial charge in [-0.3, -0.25) is 9.59 Å². The van der Waals surface area contributed by atoms with Crippen LogP contribution in [-0.4, -0.2) is 25.0 Å². The Morgan fingerprint density at radius 1 is 0.758 bits per heavy atom. The van der Waals surface area contributed by atoms with E-state index in [4.69, 9.17) is 4.74 Å². The van der Waals surface area contributed by atoms with Crippen LogP contribution in [0.5, 0.6) is 5.75 Å². The SMILES string of the molecule is CC(C)CC(=O)Nc1ccc(NCC(=O)Nc2ccc(OCCc3ccccc3)cc2)cc1. The van der Waals surface area contributed by atoms with E-state index in [1.165, 1.54) is 5.56 Å². The van der Waals surface area contributed by atoms with E-state index in [1.54, 1.807) is 0 Å². The van der Waals surface area contributed by atoms with Gasteiger partial charge in [0, 0.05) is 29.9 Å². The molecule has 3 aromatic carbocycles. The zero-order chi connectivity index (χ0) is 23.5. The zero-order valence-corrected chi connectivity index (χ0v) is 19.1. The summed E-state index contributed by atoms with van der Waals surface area (Å²) in [6.07, 6.45) is 1.33. The number of benzene rings is 3. The van der Waals surface area contributed by atoms with Crippen LogP contribution in [0.15, 0.2) is 78.9 Å². The Bertz CT molecular complexity index is 1020. The Morgan fingerprint density at radius 3 is 1.97 bits per heavy atom. The second-order valence-electron chi connectivity index (χ2n) is 8.23. The van der Waals surface area contributed by atoms with Crippen LogP contribution in [0.1, 0.15) is 25.8 Å². The van der Waals surface area contributed by atoms with Gasteiger partial charge in [-0.2, -0.15) is 0 Å². The first-order valence-corrected chi connectivity index (χ1v) is 11.2. The number of amides is 2. The van der Waals surface area contributed by atoms with Crippen LogP contribution in [0.2, 0.25) is 0 Å². The highest BCUT2D eigenvalue weighted by atomic mass is 16.5. The van der Waals surface area contributed by atoms with Gasteiger partial charge in [-0.15, -0.1) is 0 Å². The minimum absolute atomic E-state index is 0.00213. The van der Waals surface area contributed by atoms with E-state index < -0.39 is 0 Å². The highest BCUT2D eigenvalue weighted by Gasteiger charge is 2.06. The summed E-state index contributed by atoms with van der Waals surface area (Å²) >= 11 is 0. The standard InChI is InChI=1S/C27H31N3O3/c1-20(2)18-26(31)29-23-10-8-22(9-11-23)28-19-27(32)30-24-12-14-25(15-13-24)33-17-16-21-6-4-3-5-7-21/h3-15,20,28H,16-19H2,1-2H3,(H,29,31)(H,30,32). The molecule has 33 heavy (non-hydrogen) atoms. The summed E-state index contributed by atoms with van der Waals surface area (Å²) in [5, 5.41) is 8.81. The van der Waals surface area contributed by atoms with Gasteiger partial charge in [-0.1, -0.05) is 44.2 Å². The number of carbonyl (C=O) groups is 2. The molecule has 0 saturated heterocycles. The molecule has 0 aromatic heterocycles. The van der Waals surface area contributed by atoms with Gasteiger partial charge < -0.3 is 20.7 Å². The van der Waals surface area contributed by atoms with E-state index in [2.05, 4.69) is 28.1 Å². The van der Waals surface area contributed by atoms with E-state index in [0.717, 1.165) is 23.5 Å². The zero-order valence-electron chi connectivity index (χ0n) is 19.1. The van der Waals surface area contributed by atoms with Gasteiger partial charge in [0.1, 0.15) is 5.75 Å². The first-order valence-electron chi connectivity index (χ1n) is 11.2. The van der Waals surface area contributed by atoms with Gasteiger partial charge in [-0.25, -0.2) is 0 Å². The molecule has 0 aliphatic carbocycles. The summed E-state index contributed by atoms with van der Waals surface area (Å²) in [5.74, 6) is 0.926. The lowest BCUT2D eigenvalue weighted by Crippen LogP contribution is -2.21. The monoisotopic (exact) mass is 445 g/mol. The van der Waals surface area contributed by atoms with Crippen LogP contribution in [0.4, 0.5) is 17.1 Å². The second kappa shape index (κ2) is 12.3. The number of nitrogens with one attached hydrogen (secondary N) is 3. The maximum absolute atomic E-state index is 12.3. The summed E-state index contributed by atoms with van der Waals surface area (Å²) in [4.78, 5) is 24.1. The van der Waals surface area contributed by atoms with E-state index in [9.17, 15) is 9.59 Å². The van der Waals surface area contributed by atoms with Crippen molar-refractivity contribution < 1.29 is 14.3 Å². The predicted octanol–water partition coefficient (Wildman–Crippen LogP) is 5.34. The van der Waals surface area contributed by atoms with Crippen LogP contribution in [0.25, 0.3) is 0 Å². The van der Waals surface area contributed by atoms with Gasteiger partial charge in [0.25, 0.3) is 0 Å². The van der Waals surface area contributed by atoms with E-state index in [-0.39, 0.29) is 18.4 Å². The number of hydrogen-bond donors (Lipinski definition) is 3. The van der Waals surface area contributed by atoms with Crippen LogP contribution >= 0.6 is 0 Å². The fourth-order valence-corrected chi connectivity index (χ4v) is 3.21. The van der Waals surface area contributed by atoms with Crippen molar-refractivity contribution in [2.24, 2.45) is 5.92 Å². The third-order valence-corrected chi connectivity index (χ3v) is 4.86. The van der Waals surface area contributed by atoms with Crippen LogP contribution in [-0.2, 0) is 16.0 Å². The molecule has 2 amide bonds. The molecular weight excluding hydrogens is 414 g/mol. The van der Waals surface area contributed by atoms with Crippen molar-refractivity contribution in [3.05, 3.63) is 84.4 Å². The third kappa shape index (κ3) is 8.69. The van der Waals surface area contributed by atoms with Gasteiger partial charge in [0.05, 0.1) is 13.2 Å². The van der Waals surface area contributed by atoms with Crippen LogP contribution in [0.3, 0.4) is 0 Å². The summed E-state index contributed by atoms with van der Waals surface area (Å²) < 4.78 is 5.78. The quantitative estimate of drug-likeness (QED) is 0.372. The van der Waals surface area contributed by atoms with Crippen molar-refractivity contribution in [1.29, 1.82) is 0 Å². The predicted molar refractivity (Wildman–Crippen MR) is 134 cm³/mol. The number of anilines is 3. The molecule has 3 rings (SSSR count). The highest BCUT2D eigenvalue weighted by molar-refractivity contribution is 5.94. The van der Waals surface area contributed by atoms with Crippen molar-refractivity contribution in [3.63, 3.8) is 0 Å². The maximum atomic E-state index is 12.3. The molecule has 3 N–H and O–H groups in total. The molecule has 6 heteroatoms. The molecule has 0 saturated carbocycles. The van der Waals surface area contributed by atoms with Crippen molar-refractivity contribution in [3.8, 4) is 5.75 Å². The van der Waals surface area contributed by atoms with E-state index in [1.807, 2.05) is 80.6 Å². The molecule has 0 aliphatic rings. The summed E-state index contributed by atoms with van der Waals surface area (Å²) in [6.45, 7) is 4.74.